The molecule has 0 aliphatic carbocycles. The van der Waals surface area contributed by atoms with Gasteiger partial charge in [0.25, 0.3) is 0 Å². The first-order chi connectivity index (χ1) is 9.69. The molecule has 2 aromatic rings. The Bertz CT molecular complexity index is 569. The van der Waals surface area contributed by atoms with Gasteiger partial charge in [-0.1, -0.05) is 6.07 Å². The lowest BCUT2D eigenvalue weighted by molar-refractivity contribution is 0.263. The fourth-order valence-corrected chi connectivity index (χ4v) is 2.04. The SMILES string of the molecule is COc1ccc(Cn2cncc2C(N)CO)cc1OC. The molecule has 6 heteroatoms. The van der Waals surface area contributed by atoms with Gasteiger partial charge in [0.05, 0.1) is 38.9 Å². The van der Waals surface area contributed by atoms with Crippen LogP contribution in [0.1, 0.15) is 17.3 Å². The van der Waals surface area contributed by atoms with E-state index in [0.717, 1.165) is 11.3 Å². The highest BCUT2D eigenvalue weighted by Gasteiger charge is 2.11. The topological polar surface area (TPSA) is 82.5 Å². The minimum atomic E-state index is -0.433. The number of ether oxygens (including phenoxy) is 2. The third-order valence-electron chi connectivity index (χ3n) is 3.12. The van der Waals surface area contributed by atoms with Crippen LogP contribution in [0.3, 0.4) is 0 Å². The van der Waals surface area contributed by atoms with Gasteiger partial charge in [0, 0.05) is 12.7 Å². The number of rotatable bonds is 6. The van der Waals surface area contributed by atoms with E-state index in [0.29, 0.717) is 18.0 Å². The number of aromatic nitrogens is 2. The summed E-state index contributed by atoms with van der Waals surface area (Å²) in [4.78, 5) is 4.08. The number of aliphatic hydroxyl groups excluding tert-OH is 1. The average Bonchev–Trinajstić information content (AvgIpc) is 2.94. The maximum Gasteiger partial charge on any atom is 0.161 e. The number of aliphatic hydroxyl groups is 1. The first kappa shape index (κ1) is 14.4. The molecule has 0 spiro atoms. The first-order valence-electron chi connectivity index (χ1n) is 6.27. The van der Waals surface area contributed by atoms with Crippen molar-refractivity contribution in [1.29, 1.82) is 0 Å². The summed E-state index contributed by atoms with van der Waals surface area (Å²) in [6.07, 6.45) is 3.36. The normalized spacial score (nSPS) is 12.2. The molecule has 1 aromatic carbocycles. The molecule has 1 atom stereocenters. The van der Waals surface area contributed by atoms with Crippen LogP contribution in [-0.4, -0.2) is 35.5 Å². The molecule has 1 aromatic heterocycles. The Labute approximate surface area is 117 Å². The van der Waals surface area contributed by atoms with E-state index in [9.17, 15) is 0 Å². The minimum absolute atomic E-state index is 0.113. The molecule has 6 nitrogen and oxygen atoms in total. The zero-order chi connectivity index (χ0) is 14.5. The number of nitrogens with two attached hydrogens (primary N) is 1. The van der Waals surface area contributed by atoms with E-state index in [-0.39, 0.29) is 6.61 Å². The van der Waals surface area contributed by atoms with Crippen LogP contribution in [0.4, 0.5) is 0 Å². The lowest BCUT2D eigenvalue weighted by atomic mass is 10.2. The van der Waals surface area contributed by atoms with Crippen molar-refractivity contribution >= 4 is 0 Å². The summed E-state index contributed by atoms with van der Waals surface area (Å²) in [6.45, 7) is 0.487. The fourth-order valence-electron chi connectivity index (χ4n) is 2.04. The van der Waals surface area contributed by atoms with Crippen LogP contribution in [0.15, 0.2) is 30.7 Å². The summed E-state index contributed by atoms with van der Waals surface area (Å²) in [5.74, 6) is 1.37. The molecule has 2 rings (SSSR count). The van der Waals surface area contributed by atoms with Gasteiger partial charge >= 0.3 is 0 Å². The van der Waals surface area contributed by atoms with Crippen molar-refractivity contribution in [3.63, 3.8) is 0 Å². The number of nitrogens with zero attached hydrogens (tertiary/aromatic N) is 2. The Hall–Kier alpha value is -2.05. The Morgan fingerprint density at radius 2 is 2.05 bits per heavy atom. The second kappa shape index (κ2) is 6.40. The van der Waals surface area contributed by atoms with E-state index < -0.39 is 6.04 Å². The van der Waals surface area contributed by atoms with Gasteiger partial charge in [-0.2, -0.15) is 0 Å². The van der Waals surface area contributed by atoms with Crippen molar-refractivity contribution < 1.29 is 14.6 Å². The molecule has 20 heavy (non-hydrogen) atoms. The molecule has 3 N–H and O–H groups in total. The highest BCUT2D eigenvalue weighted by molar-refractivity contribution is 5.43. The molecule has 0 amide bonds. The molecule has 1 unspecified atom stereocenters. The summed E-state index contributed by atoms with van der Waals surface area (Å²) in [5, 5.41) is 9.14. The van der Waals surface area contributed by atoms with Crippen molar-refractivity contribution in [2.24, 2.45) is 5.73 Å². The maximum absolute atomic E-state index is 9.14. The molecule has 0 saturated carbocycles. The van der Waals surface area contributed by atoms with Crippen LogP contribution in [-0.2, 0) is 6.54 Å². The van der Waals surface area contributed by atoms with Crippen LogP contribution in [0.25, 0.3) is 0 Å². The second-order valence-electron chi connectivity index (χ2n) is 4.42. The fraction of sp³-hybridized carbons (Fsp3) is 0.357. The average molecular weight is 277 g/mol. The van der Waals surface area contributed by atoms with Crippen LogP contribution in [0.5, 0.6) is 11.5 Å². The standard InChI is InChI=1S/C14H19N3O3/c1-19-13-4-3-10(5-14(13)20-2)7-17-9-16-6-12(17)11(15)8-18/h3-6,9,11,18H,7-8,15H2,1-2H3. The van der Waals surface area contributed by atoms with Gasteiger partial charge < -0.3 is 24.9 Å². The van der Waals surface area contributed by atoms with Crippen molar-refractivity contribution in [2.75, 3.05) is 20.8 Å². The summed E-state index contributed by atoms with van der Waals surface area (Å²) in [5.41, 5.74) is 7.67. The third kappa shape index (κ3) is 2.92. The zero-order valence-corrected chi connectivity index (χ0v) is 11.6. The number of hydrogen-bond donors (Lipinski definition) is 2. The Kier molecular flexibility index (Phi) is 4.60. The summed E-state index contributed by atoms with van der Waals surface area (Å²) >= 11 is 0. The minimum Gasteiger partial charge on any atom is -0.493 e. The zero-order valence-electron chi connectivity index (χ0n) is 11.6. The molecule has 0 aliphatic rings. The largest absolute Gasteiger partial charge is 0.493 e. The van der Waals surface area contributed by atoms with E-state index in [1.807, 2.05) is 22.8 Å². The van der Waals surface area contributed by atoms with Crippen LogP contribution >= 0.6 is 0 Å². The molecular weight excluding hydrogens is 258 g/mol. The van der Waals surface area contributed by atoms with E-state index >= 15 is 0 Å². The maximum atomic E-state index is 9.14. The van der Waals surface area contributed by atoms with Crippen LogP contribution in [0.2, 0.25) is 0 Å². The lowest BCUT2D eigenvalue weighted by Gasteiger charge is -2.14. The van der Waals surface area contributed by atoms with Gasteiger partial charge in [-0.05, 0) is 17.7 Å². The number of imidazole rings is 1. The number of hydrogen-bond acceptors (Lipinski definition) is 5. The molecule has 0 radical (unpaired) electrons. The van der Waals surface area contributed by atoms with Gasteiger partial charge in [0.2, 0.25) is 0 Å². The molecule has 1 heterocycles. The second-order valence-corrected chi connectivity index (χ2v) is 4.42. The monoisotopic (exact) mass is 277 g/mol. The molecule has 0 bridgehead atoms. The molecule has 108 valence electrons. The summed E-state index contributed by atoms with van der Waals surface area (Å²) in [6, 6.07) is 5.29. The van der Waals surface area contributed by atoms with Gasteiger partial charge in [0.1, 0.15) is 0 Å². The van der Waals surface area contributed by atoms with Crippen molar-refractivity contribution in [2.45, 2.75) is 12.6 Å². The first-order valence-corrected chi connectivity index (χ1v) is 6.27. The summed E-state index contributed by atoms with van der Waals surface area (Å²) < 4.78 is 12.4. The predicted octanol–water partition coefficient (Wildman–Crippen LogP) is 0.941. The van der Waals surface area contributed by atoms with E-state index in [1.54, 1.807) is 26.7 Å². The third-order valence-corrected chi connectivity index (χ3v) is 3.12. The molecule has 0 fully saturated rings. The van der Waals surface area contributed by atoms with E-state index in [1.165, 1.54) is 0 Å². The summed E-state index contributed by atoms with van der Waals surface area (Å²) in [7, 11) is 3.21. The predicted molar refractivity (Wildman–Crippen MR) is 74.9 cm³/mol. The van der Waals surface area contributed by atoms with Crippen molar-refractivity contribution in [1.82, 2.24) is 9.55 Å². The number of benzene rings is 1. The van der Waals surface area contributed by atoms with Gasteiger partial charge in [0.15, 0.2) is 11.5 Å². The van der Waals surface area contributed by atoms with E-state index in [2.05, 4.69) is 4.98 Å². The van der Waals surface area contributed by atoms with E-state index in [4.69, 9.17) is 20.3 Å². The Morgan fingerprint density at radius 3 is 2.70 bits per heavy atom. The highest BCUT2D eigenvalue weighted by Crippen LogP contribution is 2.28. The smallest absolute Gasteiger partial charge is 0.161 e. The van der Waals surface area contributed by atoms with Gasteiger partial charge in [-0.25, -0.2) is 4.98 Å². The molecular formula is C14H19N3O3. The van der Waals surface area contributed by atoms with Gasteiger partial charge in [-0.15, -0.1) is 0 Å². The lowest BCUT2D eigenvalue weighted by Crippen LogP contribution is -2.19. The van der Waals surface area contributed by atoms with Crippen LogP contribution < -0.4 is 15.2 Å². The van der Waals surface area contributed by atoms with Crippen molar-refractivity contribution in [3.8, 4) is 11.5 Å². The molecule has 0 saturated heterocycles. The highest BCUT2D eigenvalue weighted by atomic mass is 16.5. The van der Waals surface area contributed by atoms with Crippen molar-refractivity contribution in [3.05, 3.63) is 42.0 Å². The Morgan fingerprint density at radius 1 is 1.30 bits per heavy atom. The number of methoxy groups -OCH3 is 2. The quantitative estimate of drug-likeness (QED) is 0.821. The Balaban J connectivity index is 2.24. The van der Waals surface area contributed by atoms with Crippen LogP contribution in [0, 0.1) is 0 Å². The van der Waals surface area contributed by atoms with Gasteiger partial charge in [-0.3, -0.25) is 0 Å². The molecule has 0 aliphatic heterocycles.